The minimum atomic E-state index is -3.95. The summed E-state index contributed by atoms with van der Waals surface area (Å²) in [6.07, 6.45) is 0. The Balaban J connectivity index is 1.87. The van der Waals surface area contributed by atoms with Gasteiger partial charge in [0.15, 0.2) is 11.5 Å². The lowest BCUT2D eigenvalue weighted by Gasteiger charge is -2.16. The van der Waals surface area contributed by atoms with Crippen LogP contribution in [0.1, 0.15) is 6.92 Å². The Labute approximate surface area is 169 Å². The first-order chi connectivity index (χ1) is 13.6. The van der Waals surface area contributed by atoms with Gasteiger partial charge in [0.05, 0.1) is 42.2 Å². The molecule has 2 aromatic rings. The Morgan fingerprint density at radius 1 is 1.03 bits per heavy atom. The highest BCUT2D eigenvalue weighted by atomic mass is 32.2. The van der Waals surface area contributed by atoms with Crippen LogP contribution in [0.25, 0.3) is 0 Å². The van der Waals surface area contributed by atoms with Gasteiger partial charge in [-0.25, -0.2) is 21.1 Å². The van der Waals surface area contributed by atoms with Gasteiger partial charge in [0, 0.05) is 6.07 Å². The van der Waals surface area contributed by atoms with Crippen molar-refractivity contribution >= 4 is 37.3 Å². The number of methoxy groups -OCH3 is 2. The molecule has 0 spiro atoms. The fourth-order valence-corrected chi connectivity index (χ4v) is 5.83. The van der Waals surface area contributed by atoms with Crippen LogP contribution in [0.15, 0.2) is 47.4 Å². The van der Waals surface area contributed by atoms with Crippen molar-refractivity contribution < 1.29 is 31.1 Å². The molecule has 2 aromatic carbocycles. The van der Waals surface area contributed by atoms with Crippen LogP contribution in [0.5, 0.6) is 11.5 Å². The largest absolute Gasteiger partial charge is 0.493 e. The fraction of sp³-hybridized carbons (Fsp3) is 0.278. The fourth-order valence-electron chi connectivity index (χ4n) is 2.96. The molecule has 0 bridgehead atoms. The molecule has 1 amide bonds. The van der Waals surface area contributed by atoms with Crippen LogP contribution in [0.3, 0.4) is 0 Å². The number of hydrogen-bond donors (Lipinski definition) is 1. The predicted octanol–water partition coefficient (Wildman–Crippen LogP) is 1.82. The minimum Gasteiger partial charge on any atom is -0.493 e. The number of benzene rings is 2. The van der Waals surface area contributed by atoms with Gasteiger partial charge in [-0.15, -0.1) is 0 Å². The molecule has 29 heavy (non-hydrogen) atoms. The maximum absolute atomic E-state index is 12.7. The van der Waals surface area contributed by atoms with Crippen molar-refractivity contribution in [3.8, 4) is 11.5 Å². The van der Waals surface area contributed by atoms with Crippen molar-refractivity contribution in [2.45, 2.75) is 11.8 Å². The maximum atomic E-state index is 12.7. The molecule has 0 aliphatic carbocycles. The van der Waals surface area contributed by atoms with E-state index in [9.17, 15) is 21.6 Å². The summed E-state index contributed by atoms with van der Waals surface area (Å²) in [5.41, 5.74) is 0.363. The van der Waals surface area contributed by atoms with Crippen molar-refractivity contribution in [1.29, 1.82) is 0 Å². The zero-order valence-electron chi connectivity index (χ0n) is 15.9. The third-order valence-corrected chi connectivity index (χ3v) is 7.64. The number of ether oxygens (including phenoxy) is 2. The summed E-state index contributed by atoms with van der Waals surface area (Å²) in [5.74, 6) is -0.646. The molecule has 1 saturated heterocycles. The molecule has 3 rings (SSSR count). The molecule has 1 atom stereocenters. The topological polar surface area (TPSA) is 119 Å². The van der Waals surface area contributed by atoms with Crippen molar-refractivity contribution in [3.05, 3.63) is 42.5 Å². The lowest BCUT2D eigenvalue weighted by atomic mass is 10.2. The zero-order chi connectivity index (χ0) is 21.4. The van der Waals surface area contributed by atoms with Crippen LogP contribution in [0, 0.1) is 5.92 Å². The second kappa shape index (κ2) is 7.56. The van der Waals surface area contributed by atoms with E-state index in [1.54, 1.807) is 6.07 Å². The smallest absolute Gasteiger partial charge is 0.261 e. The summed E-state index contributed by atoms with van der Waals surface area (Å²) in [4.78, 5) is 12.1. The van der Waals surface area contributed by atoms with E-state index in [2.05, 4.69) is 4.72 Å². The number of carbonyl (C=O) groups is 1. The minimum absolute atomic E-state index is 0.0897. The van der Waals surface area contributed by atoms with Gasteiger partial charge in [-0.1, -0.05) is 6.92 Å². The van der Waals surface area contributed by atoms with Gasteiger partial charge < -0.3 is 9.47 Å². The molecule has 0 aromatic heterocycles. The lowest BCUT2D eigenvalue weighted by Crippen LogP contribution is -2.30. The first-order valence-corrected chi connectivity index (χ1v) is 11.6. The van der Waals surface area contributed by atoms with E-state index in [0.29, 0.717) is 11.5 Å². The molecule has 0 radical (unpaired) electrons. The normalized spacial score (nSPS) is 18.5. The third-order valence-electron chi connectivity index (χ3n) is 4.38. The van der Waals surface area contributed by atoms with Crippen LogP contribution in [-0.4, -0.2) is 42.7 Å². The molecule has 156 valence electrons. The molecule has 0 saturated carbocycles. The van der Waals surface area contributed by atoms with Gasteiger partial charge >= 0.3 is 0 Å². The number of carbonyl (C=O) groups excluding carboxylic acids is 1. The van der Waals surface area contributed by atoms with E-state index in [-0.39, 0.29) is 22.0 Å². The van der Waals surface area contributed by atoms with Gasteiger partial charge in [-0.3, -0.25) is 9.52 Å². The number of anilines is 2. The summed E-state index contributed by atoms with van der Waals surface area (Å²) < 4.78 is 63.1. The van der Waals surface area contributed by atoms with E-state index in [0.717, 1.165) is 4.31 Å². The van der Waals surface area contributed by atoms with Crippen molar-refractivity contribution in [2.24, 2.45) is 5.92 Å². The summed E-state index contributed by atoms with van der Waals surface area (Å²) in [7, 11) is -4.81. The van der Waals surface area contributed by atoms with Crippen LogP contribution in [-0.2, 0) is 24.8 Å². The molecular weight excluding hydrogens is 420 g/mol. The number of rotatable bonds is 6. The van der Waals surface area contributed by atoms with Gasteiger partial charge in [0.1, 0.15) is 0 Å². The van der Waals surface area contributed by atoms with Gasteiger partial charge in [0.2, 0.25) is 15.9 Å². The highest BCUT2D eigenvalue weighted by Crippen LogP contribution is 2.32. The standard InChI is InChI=1S/C18H20N2O7S2/c1-12-11-28(22,23)20(18(12)21)14-5-7-15(8-6-14)29(24,25)19-13-4-9-16(26-2)17(10-13)27-3/h4-10,12,19H,11H2,1-3H3/t12-/m1/s1. The van der Waals surface area contributed by atoms with Crippen LogP contribution < -0.4 is 18.5 Å². The Hall–Kier alpha value is -2.79. The van der Waals surface area contributed by atoms with Crippen LogP contribution in [0.4, 0.5) is 11.4 Å². The lowest BCUT2D eigenvalue weighted by molar-refractivity contribution is -0.119. The van der Waals surface area contributed by atoms with Crippen LogP contribution in [0.2, 0.25) is 0 Å². The third kappa shape index (κ3) is 4.01. The van der Waals surface area contributed by atoms with Gasteiger partial charge in [0.25, 0.3) is 10.0 Å². The van der Waals surface area contributed by atoms with E-state index in [4.69, 9.17) is 9.47 Å². The molecule has 1 aliphatic rings. The molecule has 0 unspecified atom stereocenters. The Kier molecular flexibility index (Phi) is 5.46. The van der Waals surface area contributed by atoms with Gasteiger partial charge in [-0.2, -0.15) is 0 Å². The Morgan fingerprint density at radius 3 is 2.17 bits per heavy atom. The first-order valence-electron chi connectivity index (χ1n) is 8.51. The summed E-state index contributed by atoms with van der Waals surface area (Å²) >= 11 is 0. The van der Waals surface area contributed by atoms with Crippen LogP contribution >= 0.6 is 0 Å². The SMILES string of the molecule is COc1ccc(NS(=O)(=O)c2ccc(N3C(=O)[C@H](C)CS3(=O)=O)cc2)cc1OC. The molecule has 1 heterocycles. The molecule has 1 fully saturated rings. The molecule has 9 nitrogen and oxygen atoms in total. The Morgan fingerprint density at radius 2 is 1.66 bits per heavy atom. The predicted molar refractivity (Wildman–Crippen MR) is 107 cm³/mol. The highest BCUT2D eigenvalue weighted by molar-refractivity contribution is 7.94. The van der Waals surface area contributed by atoms with Crippen molar-refractivity contribution in [3.63, 3.8) is 0 Å². The van der Waals surface area contributed by atoms with E-state index < -0.39 is 31.9 Å². The number of nitrogens with one attached hydrogen (secondary N) is 1. The van der Waals surface area contributed by atoms with E-state index in [1.165, 1.54) is 57.5 Å². The van der Waals surface area contributed by atoms with Crippen molar-refractivity contribution in [1.82, 2.24) is 0 Å². The zero-order valence-corrected chi connectivity index (χ0v) is 17.6. The number of nitrogens with zero attached hydrogens (tertiary/aromatic N) is 1. The molecule has 1 N–H and O–H groups in total. The maximum Gasteiger partial charge on any atom is 0.261 e. The van der Waals surface area contributed by atoms with E-state index >= 15 is 0 Å². The van der Waals surface area contributed by atoms with Crippen molar-refractivity contribution in [2.75, 3.05) is 29.0 Å². The summed E-state index contributed by atoms with van der Waals surface area (Å²) in [6.45, 7) is 1.53. The van der Waals surface area contributed by atoms with Gasteiger partial charge in [-0.05, 0) is 36.4 Å². The average Bonchev–Trinajstić information content (AvgIpc) is 2.88. The first kappa shape index (κ1) is 20.9. The van der Waals surface area contributed by atoms with E-state index in [1.807, 2.05) is 0 Å². The number of sulfonamides is 2. The summed E-state index contributed by atoms with van der Waals surface area (Å²) in [5, 5.41) is 0. The number of amides is 1. The summed E-state index contributed by atoms with van der Waals surface area (Å²) in [6, 6.07) is 9.61. The highest BCUT2D eigenvalue weighted by Gasteiger charge is 2.41. The second-order valence-electron chi connectivity index (χ2n) is 6.45. The quantitative estimate of drug-likeness (QED) is 0.728. The molecule has 1 aliphatic heterocycles. The monoisotopic (exact) mass is 440 g/mol. The second-order valence-corrected chi connectivity index (χ2v) is 10.00. The molecular formula is C18H20N2O7S2. The number of hydrogen-bond acceptors (Lipinski definition) is 7. The molecule has 11 heteroatoms. The average molecular weight is 440 g/mol. The Bertz CT molecular complexity index is 1140.